The second-order valence-corrected chi connectivity index (χ2v) is 6.29. The van der Waals surface area contributed by atoms with Gasteiger partial charge in [-0.3, -0.25) is 0 Å². The molecular formula is C18H23BrN2. The van der Waals surface area contributed by atoms with Crippen LogP contribution in [0.15, 0.2) is 53.0 Å². The van der Waals surface area contributed by atoms with Gasteiger partial charge in [-0.05, 0) is 49.7 Å². The average molecular weight is 347 g/mol. The van der Waals surface area contributed by atoms with E-state index in [4.69, 9.17) is 0 Å². The molecule has 2 rings (SSSR count). The minimum Gasteiger partial charge on any atom is -0.374 e. The van der Waals surface area contributed by atoms with E-state index >= 15 is 0 Å². The lowest BCUT2D eigenvalue weighted by molar-refractivity contribution is 0.649. The number of hydrogen-bond acceptors (Lipinski definition) is 2. The normalized spacial score (nSPS) is 12.2. The summed E-state index contributed by atoms with van der Waals surface area (Å²) in [5.41, 5.74) is 3.99. The van der Waals surface area contributed by atoms with Crippen molar-refractivity contribution >= 4 is 21.6 Å². The van der Waals surface area contributed by atoms with Gasteiger partial charge in [0.2, 0.25) is 0 Å². The first-order valence-corrected chi connectivity index (χ1v) is 8.13. The molecule has 0 aliphatic carbocycles. The van der Waals surface area contributed by atoms with Gasteiger partial charge in [0.25, 0.3) is 0 Å². The van der Waals surface area contributed by atoms with Crippen molar-refractivity contribution in [3.8, 4) is 0 Å². The van der Waals surface area contributed by atoms with Gasteiger partial charge in [-0.2, -0.15) is 0 Å². The van der Waals surface area contributed by atoms with Crippen LogP contribution < -0.4 is 10.2 Å². The fraction of sp³-hybridized carbons (Fsp3) is 0.333. The Morgan fingerprint density at radius 2 is 1.86 bits per heavy atom. The molecule has 2 aromatic carbocycles. The second kappa shape index (κ2) is 7.62. The van der Waals surface area contributed by atoms with E-state index in [1.807, 2.05) is 7.05 Å². The van der Waals surface area contributed by atoms with E-state index in [1.54, 1.807) is 0 Å². The van der Waals surface area contributed by atoms with Crippen LogP contribution in [0.2, 0.25) is 0 Å². The molecule has 0 heterocycles. The van der Waals surface area contributed by atoms with Crippen LogP contribution in [0.3, 0.4) is 0 Å². The predicted molar refractivity (Wildman–Crippen MR) is 95.0 cm³/mol. The maximum absolute atomic E-state index is 3.57. The summed E-state index contributed by atoms with van der Waals surface area (Å²) in [5.74, 6) is 0. The van der Waals surface area contributed by atoms with E-state index in [0.29, 0.717) is 6.04 Å². The summed E-state index contributed by atoms with van der Waals surface area (Å²) in [5, 5.41) is 3.33. The summed E-state index contributed by atoms with van der Waals surface area (Å²) in [6.07, 6.45) is 1.06. The summed E-state index contributed by atoms with van der Waals surface area (Å²) >= 11 is 3.57. The predicted octanol–water partition coefficient (Wildman–Crippen LogP) is 4.41. The lowest BCUT2D eigenvalue weighted by Crippen LogP contribution is -2.24. The van der Waals surface area contributed by atoms with E-state index in [9.17, 15) is 0 Å². The van der Waals surface area contributed by atoms with Crippen molar-refractivity contribution in [2.45, 2.75) is 19.4 Å². The Morgan fingerprint density at radius 1 is 1.14 bits per heavy atom. The van der Waals surface area contributed by atoms with Crippen LogP contribution in [0.1, 0.15) is 24.1 Å². The van der Waals surface area contributed by atoms with Crippen molar-refractivity contribution in [2.24, 2.45) is 0 Å². The Labute approximate surface area is 136 Å². The average Bonchev–Trinajstić information content (AvgIpc) is 2.52. The maximum atomic E-state index is 3.57. The highest BCUT2D eigenvalue weighted by molar-refractivity contribution is 9.10. The molecule has 0 amide bonds. The highest BCUT2D eigenvalue weighted by atomic mass is 79.9. The number of anilines is 1. The van der Waals surface area contributed by atoms with Gasteiger partial charge >= 0.3 is 0 Å². The molecule has 2 aromatic rings. The first-order chi connectivity index (χ1) is 10.1. The topological polar surface area (TPSA) is 15.3 Å². The third-order valence-electron chi connectivity index (χ3n) is 3.88. The molecule has 1 unspecified atom stereocenters. The molecule has 112 valence electrons. The molecule has 0 aliphatic heterocycles. The van der Waals surface area contributed by atoms with Crippen molar-refractivity contribution in [3.63, 3.8) is 0 Å². The Hall–Kier alpha value is -1.32. The summed E-state index contributed by atoms with van der Waals surface area (Å²) in [6.45, 7) is 3.20. The van der Waals surface area contributed by atoms with Gasteiger partial charge in [-0.25, -0.2) is 0 Å². The SMILES string of the molecule is CNC(C)c1cc(Br)ccc1N(C)CCc1ccccc1. The molecule has 2 nitrogen and oxygen atoms in total. The molecular weight excluding hydrogens is 324 g/mol. The third-order valence-corrected chi connectivity index (χ3v) is 4.37. The lowest BCUT2D eigenvalue weighted by atomic mass is 10.0. The molecule has 0 aromatic heterocycles. The molecule has 0 radical (unpaired) electrons. The minimum absolute atomic E-state index is 0.330. The van der Waals surface area contributed by atoms with E-state index in [0.717, 1.165) is 17.4 Å². The van der Waals surface area contributed by atoms with Crippen molar-refractivity contribution < 1.29 is 0 Å². The number of rotatable bonds is 6. The Bertz CT molecular complexity index is 569. The zero-order valence-electron chi connectivity index (χ0n) is 12.9. The van der Waals surface area contributed by atoms with Gasteiger partial charge in [0, 0.05) is 29.8 Å². The van der Waals surface area contributed by atoms with Crippen LogP contribution in [-0.2, 0) is 6.42 Å². The lowest BCUT2D eigenvalue weighted by Gasteiger charge is -2.25. The number of likely N-dealkylation sites (N-methyl/N-ethyl adjacent to an activating group) is 1. The summed E-state index contributed by atoms with van der Waals surface area (Å²) in [7, 11) is 4.16. The standard InChI is InChI=1S/C18H23BrN2/c1-14(20-2)17-13-16(19)9-10-18(17)21(3)12-11-15-7-5-4-6-8-15/h4-10,13-14,20H,11-12H2,1-3H3. The van der Waals surface area contributed by atoms with Crippen molar-refractivity contribution in [1.82, 2.24) is 5.32 Å². The first-order valence-electron chi connectivity index (χ1n) is 7.33. The van der Waals surface area contributed by atoms with Crippen LogP contribution in [0.4, 0.5) is 5.69 Å². The number of benzene rings is 2. The Balaban J connectivity index is 2.13. The van der Waals surface area contributed by atoms with Gasteiger partial charge < -0.3 is 10.2 Å². The van der Waals surface area contributed by atoms with E-state index in [-0.39, 0.29) is 0 Å². The molecule has 3 heteroatoms. The molecule has 0 fully saturated rings. The van der Waals surface area contributed by atoms with E-state index in [2.05, 4.69) is 88.6 Å². The Morgan fingerprint density at radius 3 is 2.52 bits per heavy atom. The van der Waals surface area contributed by atoms with E-state index < -0.39 is 0 Å². The number of nitrogens with zero attached hydrogens (tertiary/aromatic N) is 1. The van der Waals surface area contributed by atoms with E-state index in [1.165, 1.54) is 16.8 Å². The van der Waals surface area contributed by atoms with Gasteiger partial charge in [0.05, 0.1) is 0 Å². The zero-order chi connectivity index (χ0) is 15.2. The van der Waals surface area contributed by atoms with Crippen molar-refractivity contribution in [1.29, 1.82) is 0 Å². The maximum Gasteiger partial charge on any atom is 0.0412 e. The van der Waals surface area contributed by atoms with Crippen LogP contribution in [0.25, 0.3) is 0 Å². The largest absolute Gasteiger partial charge is 0.374 e. The molecule has 0 aliphatic rings. The number of halogens is 1. The summed E-state index contributed by atoms with van der Waals surface area (Å²) < 4.78 is 1.12. The van der Waals surface area contributed by atoms with Crippen LogP contribution in [0, 0.1) is 0 Å². The van der Waals surface area contributed by atoms with Crippen LogP contribution >= 0.6 is 15.9 Å². The smallest absolute Gasteiger partial charge is 0.0412 e. The molecule has 1 atom stereocenters. The summed E-state index contributed by atoms with van der Waals surface area (Å²) in [4.78, 5) is 2.34. The van der Waals surface area contributed by atoms with Crippen molar-refractivity contribution in [3.05, 3.63) is 64.1 Å². The van der Waals surface area contributed by atoms with Crippen LogP contribution in [-0.4, -0.2) is 20.6 Å². The van der Waals surface area contributed by atoms with Gasteiger partial charge in [-0.15, -0.1) is 0 Å². The summed E-state index contributed by atoms with van der Waals surface area (Å²) in [6, 6.07) is 17.5. The fourth-order valence-electron chi connectivity index (χ4n) is 2.44. The number of nitrogens with one attached hydrogen (secondary N) is 1. The van der Waals surface area contributed by atoms with Gasteiger partial charge in [0.1, 0.15) is 0 Å². The fourth-order valence-corrected chi connectivity index (χ4v) is 2.82. The molecule has 21 heavy (non-hydrogen) atoms. The molecule has 0 saturated carbocycles. The van der Waals surface area contributed by atoms with Gasteiger partial charge in [-0.1, -0.05) is 46.3 Å². The molecule has 1 N–H and O–H groups in total. The quantitative estimate of drug-likeness (QED) is 0.833. The number of hydrogen-bond donors (Lipinski definition) is 1. The first kappa shape index (κ1) is 16.1. The zero-order valence-corrected chi connectivity index (χ0v) is 14.5. The monoisotopic (exact) mass is 346 g/mol. The van der Waals surface area contributed by atoms with Crippen LogP contribution in [0.5, 0.6) is 0 Å². The van der Waals surface area contributed by atoms with Gasteiger partial charge in [0.15, 0.2) is 0 Å². The highest BCUT2D eigenvalue weighted by Crippen LogP contribution is 2.29. The second-order valence-electron chi connectivity index (χ2n) is 5.37. The minimum atomic E-state index is 0.330. The highest BCUT2D eigenvalue weighted by Gasteiger charge is 2.12. The molecule has 0 saturated heterocycles. The molecule has 0 bridgehead atoms. The molecule has 0 spiro atoms. The Kier molecular flexibility index (Phi) is 5.83. The third kappa shape index (κ3) is 4.32. The van der Waals surface area contributed by atoms with Crippen molar-refractivity contribution in [2.75, 3.05) is 25.5 Å².